The molecule has 3 rings (SSSR count). The molecule has 0 spiro atoms. The summed E-state index contributed by atoms with van der Waals surface area (Å²) in [6, 6.07) is 10.1. The van der Waals surface area contributed by atoms with Crippen LogP contribution in [0.15, 0.2) is 30.3 Å². The van der Waals surface area contributed by atoms with Crippen molar-refractivity contribution in [2.75, 3.05) is 19.7 Å². The molecule has 0 unspecified atom stereocenters. The lowest BCUT2D eigenvalue weighted by Crippen LogP contribution is -2.40. The van der Waals surface area contributed by atoms with Crippen molar-refractivity contribution in [3.63, 3.8) is 0 Å². The fourth-order valence-corrected chi connectivity index (χ4v) is 4.86. The summed E-state index contributed by atoms with van der Waals surface area (Å²) < 4.78 is 10.6. The fourth-order valence-electron chi connectivity index (χ4n) is 4.86. The average molecular weight is 469 g/mol. The van der Waals surface area contributed by atoms with Crippen molar-refractivity contribution >= 4 is 17.8 Å². The van der Waals surface area contributed by atoms with Crippen LogP contribution in [0.5, 0.6) is 0 Å². The van der Waals surface area contributed by atoms with Crippen molar-refractivity contribution in [1.82, 2.24) is 9.88 Å². The molecule has 2 aromatic rings. The van der Waals surface area contributed by atoms with Crippen LogP contribution in [0, 0.1) is 19.8 Å². The number of hydrogen-bond donors (Lipinski definition) is 1. The molecular weight excluding hydrogens is 432 g/mol. The summed E-state index contributed by atoms with van der Waals surface area (Å²) in [6.07, 6.45) is 1.70. The first-order chi connectivity index (χ1) is 16.2. The predicted octanol–water partition coefficient (Wildman–Crippen LogP) is 4.79. The zero-order valence-electron chi connectivity index (χ0n) is 20.8. The maximum atomic E-state index is 13.3. The van der Waals surface area contributed by atoms with Gasteiger partial charge in [-0.05, 0) is 70.4 Å². The monoisotopic (exact) mass is 468 g/mol. The number of aromatic amines is 1. The Morgan fingerprint density at radius 2 is 1.74 bits per heavy atom. The van der Waals surface area contributed by atoms with Crippen LogP contribution in [0.4, 0.5) is 0 Å². The standard InChI is InChI=1S/C27H36N2O5/c1-6-33-23(30)16-22(20-10-8-7-9-11-20)21-12-14-29(15-13-21)26(31)25-18(4)24(19(5)28-25)27(32)34-17(2)3/h7-11,17,21-22,28H,6,12-16H2,1-5H3/t22-/m1/s1. The Hall–Kier alpha value is -3.09. The van der Waals surface area contributed by atoms with Crippen LogP contribution >= 0.6 is 0 Å². The second-order valence-corrected chi connectivity index (χ2v) is 9.24. The van der Waals surface area contributed by atoms with Gasteiger partial charge in [0.15, 0.2) is 0 Å². The molecule has 1 atom stereocenters. The topological polar surface area (TPSA) is 88.7 Å². The number of amides is 1. The van der Waals surface area contributed by atoms with Crippen molar-refractivity contribution in [2.24, 2.45) is 5.92 Å². The largest absolute Gasteiger partial charge is 0.466 e. The second-order valence-electron chi connectivity index (χ2n) is 9.24. The Labute approximate surface area is 201 Å². The third-order valence-electron chi connectivity index (χ3n) is 6.51. The van der Waals surface area contributed by atoms with Gasteiger partial charge in [-0.25, -0.2) is 4.79 Å². The minimum Gasteiger partial charge on any atom is -0.466 e. The Morgan fingerprint density at radius 3 is 2.32 bits per heavy atom. The van der Waals surface area contributed by atoms with Crippen LogP contribution in [0.3, 0.4) is 0 Å². The van der Waals surface area contributed by atoms with E-state index in [1.807, 2.05) is 30.0 Å². The van der Waals surface area contributed by atoms with Gasteiger partial charge in [0.25, 0.3) is 5.91 Å². The van der Waals surface area contributed by atoms with E-state index in [0.29, 0.717) is 48.6 Å². The number of hydrogen-bond acceptors (Lipinski definition) is 5. The Bertz CT molecular complexity index is 1000. The first-order valence-electron chi connectivity index (χ1n) is 12.1. The Morgan fingerprint density at radius 1 is 1.09 bits per heavy atom. The SMILES string of the molecule is CCOC(=O)C[C@H](c1ccccc1)C1CCN(C(=O)c2[nH]c(C)c(C(=O)OC(C)C)c2C)CC1. The highest BCUT2D eigenvalue weighted by molar-refractivity contribution is 6.00. The number of likely N-dealkylation sites (tertiary alicyclic amines) is 1. The number of aryl methyl sites for hydroxylation is 1. The maximum Gasteiger partial charge on any atom is 0.340 e. The van der Waals surface area contributed by atoms with Gasteiger partial charge in [-0.15, -0.1) is 0 Å². The molecule has 34 heavy (non-hydrogen) atoms. The van der Waals surface area contributed by atoms with E-state index in [2.05, 4.69) is 17.1 Å². The third-order valence-corrected chi connectivity index (χ3v) is 6.51. The van der Waals surface area contributed by atoms with Gasteiger partial charge in [0, 0.05) is 18.8 Å². The molecule has 0 saturated carbocycles. The molecule has 0 radical (unpaired) electrons. The van der Waals surface area contributed by atoms with Crippen LogP contribution in [0.25, 0.3) is 0 Å². The van der Waals surface area contributed by atoms with Gasteiger partial charge < -0.3 is 19.4 Å². The summed E-state index contributed by atoms with van der Waals surface area (Å²) in [4.78, 5) is 43.0. The van der Waals surface area contributed by atoms with Gasteiger partial charge >= 0.3 is 11.9 Å². The normalized spacial score (nSPS) is 15.3. The molecule has 1 aliphatic heterocycles. The van der Waals surface area contributed by atoms with Crippen molar-refractivity contribution in [3.8, 4) is 0 Å². The first-order valence-corrected chi connectivity index (χ1v) is 12.1. The third kappa shape index (κ3) is 5.88. The number of piperidine rings is 1. The molecule has 1 aromatic heterocycles. The van der Waals surface area contributed by atoms with E-state index < -0.39 is 5.97 Å². The average Bonchev–Trinajstić information content (AvgIpc) is 3.11. The zero-order chi connectivity index (χ0) is 24.8. The minimum absolute atomic E-state index is 0.0596. The van der Waals surface area contributed by atoms with Gasteiger partial charge in [0.2, 0.25) is 0 Å². The number of carbonyl (C=O) groups excluding carboxylic acids is 3. The van der Waals surface area contributed by atoms with E-state index in [1.165, 1.54) is 0 Å². The fraction of sp³-hybridized carbons (Fsp3) is 0.519. The lowest BCUT2D eigenvalue weighted by Gasteiger charge is -2.36. The quantitative estimate of drug-likeness (QED) is 0.563. The summed E-state index contributed by atoms with van der Waals surface area (Å²) in [5.74, 6) is -0.371. The molecule has 184 valence electrons. The van der Waals surface area contributed by atoms with E-state index in [4.69, 9.17) is 9.47 Å². The van der Waals surface area contributed by atoms with E-state index in [9.17, 15) is 14.4 Å². The maximum absolute atomic E-state index is 13.3. The van der Waals surface area contributed by atoms with Crippen molar-refractivity contribution in [3.05, 3.63) is 58.4 Å². The molecule has 7 nitrogen and oxygen atoms in total. The lowest BCUT2D eigenvalue weighted by molar-refractivity contribution is -0.144. The van der Waals surface area contributed by atoms with Crippen LogP contribution in [0.2, 0.25) is 0 Å². The molecule has 1 amide bonds. The highest BCUT2D eigenvalue weighted by Gasteiger charge is 2.33. The number of H-pyrrole nitrogens is 1. The van der Waals surface area contributed by atoms with Crippen molar-refractivity contribution < 1.29 is 23.9 Å². The van der Waals surface area contributed by atoms with Crippen LogP contribution < -0.4 is 0 Å². The minimum atomic E-state index is -0.413. The summed E-state index contributed by atoms with van der Waals surface area (Å²) >= 11 is 0. The van der Waals surface area contributed by atoms with E-state index >= 15 is 0 Å². The van der Waals surface area contributed by atoms with Gasteiger partial charge in [-0.1, -0.05) is 30.3 Å². The summed E-state index contributed by atoms with van der Waals surface area (Å²) in [7, 11) is 0. The van der Waals surface area contributed by atoms with Gasteiger partial charge in [-0.3, -0.25) is 9.59 Å². The molecule has 0 bridgehead atoms. The van der Waals surface area contributed by atoms with Crippen molar-refractivity contribution in [1.29, 1.82) is 0 Å². The van der Waals surface area contributed by atoms with Crippen molar-refractivity contribution in [2.45, 2.75) is 65.9 Å². The molecule has 1 aliphatic rings. The van der Waals surface area contributed by atoms with Gasteiger partial charge in [0.1, 0.15) is 5.69 Å². The number of nitrogens with one attached hydrogen (secondary N) is 1. The number of carbonyl (C=O) groups is 3. The lowest BCUT2D eigenvalue weighted by atomic mass is 9.78. The number of nitrogens with zero attached hydrogens (tertiary/aromatic N) is 1. The second kappa shape index (κ2) is 11.4. The first kappa shape index (κ1) is 25.5. The molecular formula is C27H36N2O5. The number of esters is 2. The zero-order valence-corrected chi connectivity index (χ0v) is 20.8. The number of aromatic nitrogens is 1. The molecule has 1 fully saturated rings. The van der Waals surface area contributed by atoms with Gasteiger partial charge in [-0.2, -0.15) is 0 Å². The molecule has 2 heterocycles. The smallest absolute Gasteiger partial charge is 0.340 e. The van der Waals surface area contributed by atoms with Crippen LogP contribution in [-0.4, -0.2) is 53.5 Å². The number of benzene rings is 1. The number of rotatable bonds is 8. The number of ether oxygens (including phenoxy) is 2. The van der Waals surface area contributed by atoms with Crippen LogP contribution in [-0.2, 0) is 14.3 Å². The van der Waals surface area contributed by atoms with E-state index in [0.717, 1.165) is 18.4 Å². The highest BCUT2D eigenvalue weighted by Crippen LogP contribution is 2.36. The van der Waals surface area contributed by atoms with Crippen LogP contribution in [0.1, 0.15) is 83.6 Å². The predicted molar refractivity (Wildman–Crippen MR) is 130 cm³/mol. The Kier molecular flexibility index (Phi) is 8.53. The molecule has 0 aliphatic carbocycles. The summed E-state index contributed by atoms with van der Waals surface area (Å²) in [5, 5.41) is 0. The molecule has 1 N–H and O–H groups in total. The molecule has 7 heteroatoms. The highest BCUT2D eigenvalue weighted by atomic mass is 16.5. The van der Waals surface area contributed by atoms with E-state index in [1.54, 1.807) is 27.7 Å². The Balaban J connectivity index is 1.71. The van der Waals surface area contributed by atoms with Gasteiger partial charge in [0.05, 0.1) is 24.7 Å². The van der Waals surface area contributed by atoms with E-state index in [-0.39, 0.29) is 29.8 Å². The summed E-state index contributed by atoms with van der Waals surface area (Å²) in [6.45, 7) is 10.6. The molecule has 1 aromatic carbocycles. The summed E-state index contributed by atoms with van der Waals surface area (Å²) in [5.41, 5.74) is 3.27. The molecule has 1 saturated heterocycles.